The van der Waals surface area contributed by atoms with Crippen molar-refractivity contribution in [3.05, 3.63) is 23.7 Å². The summed E-state index contributed by atoms with van der Waals surface area (Å²) in [4.78, 5) is 24.5. The molecule has 0 bridgehead atoms. The van der Waals surface area contributed by atoms with Crippen molar-refractivity contribution in [2.75, 3.05) is 27.3 Å². The number of hydrogen-bond acceptors (Lipinski definition) is 4. The van der Waals surface area contributed by atoms with Gasteiger partial charge in [0.1, 0.15) is 12.4 Å². The number of furan rings is 1. The average molecular weight is 282 g/mol. The first-order valence-electron chi connectivity index (χ1n) is 6.69. The van der Waals surface area contributed by atoms with E-state index in [9.17, 15) is 9.59 Å². The van der Waals surface area contributed by atoms with E-state index in [2.05, 4.69) is 12.2 Å². The van der Waals surface area contributed by atoms with Crippen LogP contribution in [0.4, 0.5) is 0 Å². The van der Waals surface area contributed by atoms with Crippen LogP contribution in [-0.2, 0) is 16.1 Å². The molecule has 0 aliphatic rings. The number of carbonyl (C=O) groups excluding carboxylic acids is 2. The lowest BCUT2D eigenvalue weighted by Gasteiger charge is -2.07. The van der Waals surface area contributed by atoms with Gasteiger partial charge in [0.15, 0.2) is 5.76 Å². The lowest BCUT2D eigenvalue weighted by molar-refractivity contribution is -0.126. The third-order valence-corrected chi connectivity index (χ3v) is 2.61. The van der Waals surface area contributed by atoms with Crippen LogP contribution in [0.1, 0.15) is 36.1 Å². The van der Waals surface area contributed by atoms with E-state index in [1.165, 1.54) is 4.90 Å². The monoisotopic (exact) mass is 282 g/mol. The molecule has 2 amide bonds. The molecule has 0 saturated heterocycles. The van der Waals surface area contributed by atoms with Gasteiger partial charge in [-0.25, -0.2) is 0 Å². The Morgan fingerprint density at radius 1 is 1.35 bits per heavy atom. The molecule has 0 fully saturated rings. The zero-order valence-electron chi connectivity index (χ0n) is 12.3. The van der Waals surface area contributed by atoms with Gasteiger partial charge in [-0.05, 0) is 18.6 Å². The summed E-state index contributed by atoms with van der Waals surface area (Å²) in [5, 5.41) is 2.67. The fourth-order valence-corrected chi connectivity index (χ4v) is 1.46. The number of carbonyl (C=O) groups is 2. The van der Waals surface area contributed by atoms with E-state index in [0.717, 1.165) is 12.8 Å². The van der Waals surface area contributed by atoms with E-state index in [0.29, 0.717) is 12.4 Å². The maximum atomic E-state index is 11.6. The highest BCUT2D eigenvalue weighted by molar-refractivity contribution is 5.91. The quantitative estimate of drug-likeness (QED) is 0.732. The number of nitrogens with zero attached hydrogens (tertiary/aromatic N) is 1. The highest BCUT2D eigenvalue weighted by Gasteiger charge is 2.13. The van der Waals surface area contributed by atoms with Crippen molar-refractivity contribution < 1.29 is 18.7 Å². The SMILES string of the molecule is CCCCOCC(=O)NCc1ccc(C(=O)N(C)C)o1. The molecular weight excluding hydrogens is 260 g/mol. The third-order valence-electron chi connectivity index (χ3n) is 2.61. The van der Waals surface area contributed by atoms with Crippen LogP contribution < -0.4 is 5.32 Å². The van der Waals surface area contributed by atoms with Gasteiger partial charge in [-0.15, -0.1) is 0 Å². The maximum Gasteiger partial charge on any atom is 0.289 e. The van der Waals surface area contributed by atoms with Crippen LogP contribution in [0.25, 0.3) is 0 Å². The highest BCUT2D eigenvalue weighted by Crippen LogP contribution is 2.09. The topological polar surface area (TPSA) is 71.8 Å². The minimum Gasteiger partial charge on any atom is -0.454 e. The van der Waals surface area contributed by atoms with E-state index in [1.54, 1.807) is 26.2 Å². The van der Waals surface area contributed by atoms with Crippen molar-refractivity contribution in [2.24, 2.45) is 0 Å². The molecular formula is C14H22N2O4. The number of nitrogens with one attached hydrogen (secondary N) is 1. The first-order chi connectivity index (χ1) is 9.54. The first-order valence-corrected chi connectivity index (χ1v) is 6.69. The maximum absolute atomic E-state index is 11.6. The van der Waals surface area contributed by atoms with Crippen molar-refractivity contribution in [1.29, 1.82) is 0 Å². The molecule has 0 spiro atoms. The summed E-state index contributed by atoms with van der Waals surface area (Å²) < 4.78 is 10.5. The van der Waals surface area contributed by atoms with E-state index < -0.39 is 0 Å². The number of ether oxygens (including phenoxy) is 1. The van der Waals surface area contributed by atoms with Crippen molar-refractivity contribution >= 4 is 11.8 Å². The molecule has 0 aromatic carbocycles. The van der Waals surface area contributed by atoms with Gasteiger partial charge < -0.3 is 19.4 Å². The van der Waals surface area contributed by atoms with Crippen molar-refractivity contribution in [3.8, 4) is 0 Å². The molecule has 0 unspecified atom stereocenters. The molecule has 1 aromatic rings. The molecule has 0 radical (unpaired) electrons. The van der Waals surface area contributed by atoms with E-state index in [-0.39, 0.29) is 30.7 Å². The molecule has 1 aromatic heterocycles. The van der Waals surface area contributed by atoms with Crippen LogP contribution >= 0.6 is 0 Å². The summed E-state index contributed by atoms with van der Waals surface area (Å²) in [7, 11) is 3.31. The van der Waals surface area contributed by atoms with Crippen molar-refractivity contribution in [1.82, 2.24) is 10.2 Å². The highest BCUT2D eigenvalue weighted by atomic mass is 16.5. The fourth-order valence-electron chi connectivity index (χ4n) is 1.46. The second kappa shape index (κ2) is 8.37. The predicted octanol–water partition coefficient (Wildman–Crippen LogP) is 1.41. The number of amides is 2. The smallest absolute Gasteiger partial charge is 0.289 e. The van der Waals surface area contributed by atoms with Crippen LogP contribution in [0, 0.1) is 0 Å². The van der Waals surface area contributed by atoms with Crippen molar-refractivity contribution in [2.45, 2.75) is 26.3 Å². The Hall–Kier alpha value is -1.82. The molecule has 0 atom stereocenters. The lowest BCUT2D eigenvalue weighted by atomic mass is 10.4. The van der Waals surface area contributed by atoms with Gasteiger partial charge in [-0.3, -0.25) is 9.59 Å². The fraction of sp³-hybridized carbons (Fsp3) is 0.571. The Morgan fingerprint density at radius 2 is 2.10 bits per heavy atom. The number of rotatable bonds is 8. The summed E-state index contributed by atoms with van der Waals surface area (Å²) in [6.45, 7) is 2.94. The number of hydrogen-bond donors (Lipinski definition) is 1. The largest absolute Gasteiger partial charge is 0.454 e. The zero-order valence-corrected chi connectivity index (χ0v) is 12.3. The van der Waals surface area contributed by atoms with Crippen LogP contribution in [0.15, 0.2) is 16.5 Å². The lowest BCUT2D eigenvalue weighted by Crippen LogP contribution is -2.27. The van der Waals surface area contributed by atoms with Crippen LogP contribution in [0.3, 0.4) is 0 Å². The van der Waals surface area contributed by atoms with Gasteiger partial charge in [0.05, 0.1) is 6.54 Å². The summed E-state index contributed by atoms with van der Waals surface area (Å²) in [5.41, 5.74) is 0. The molecule has 0 aliphatic carbocycles. The molecule has 6 heteroatoms. The van der Waals surface area contributed by atoms with Crippen molar-refractivity contribution in [3.63, 3.8) is 0 Å². The number of unbranched alkanes of at least 4 members (excludes halogenated alkanes) is 1. The van der Waals surface area contributed by atoms with Gasteiger partial charge >= 0.3 is 0 Å². The Labute approximate surface area is 119 Å². The molecule has 1 heterocycles. The first kappa shape index (κ1) is 16.2. The summed E-state index contributed by atoms with van der Waals surface area (Å²) in [5.74, 6) is 0.402. The normalized spacial score (nSPS) is 10.3. The molecule has 0 saturated carbocycles. The molecule has 112 valence electrons. The predicted molar refractivity (Wildman–Crippen MR) is 74.3 cm³/mol. The van der Waals surface area contributed by atoms with Gasteiger partial charge in [0, 0.05) is 20.7 Å². The average Bonchev–Trinajstić information content (AvgIpc) is 2.89. The van der Waals surface area contributed by atoms with Gasteiger partial charge in [-0.2, -0.15) is 0 Å². The summed E-state index contributed by atoms with van der Waals surface area (Å²) in [6.07, 6.45) is 1.98. The minimum atomic E-state index is -0.203. The summed E-state index contributed by atoms with van der Waals surface area (Å²) >= 11 is 0. The van der Waals surface area contributed by atoms with Gasteiger partial charge in [0.25, 0.3) is 5.91 Å². The molecule has 1 rings (SSSR count). The van der Waals surface area contributed by atoms with Gasteiger partial charge in [-0.1, -0.05) is 13.3 Å². The Morgan fingerprint density at radius 3 is 2.75 bits per heavy atom. The summed E-state index contributed by atoms with van der Waals surface area (Å²) in [6, 6.07) is 3.27. The molecule has 20 heavy (non-hydrogen) atoms. The standard InChI is InChI=1S/C14H22N2O4/c1-4-5-8-19-10-13(17)15-9-11-6-7-12(20-11)14(18)16(2)3/h6-7H,4-5,8-10H2,1-3H3,(H,15,17). The van der Waals surface area contributed by atoms with E-state index in [1.807, 2.05) is 0 Å². The Balaban J connectivity index is 2.31. The molecule has 1 N–H and O–H groups in total. The second-order valence-electron chi connectivity index (χ2n) is 4.65. The minimum absolute atomic E-state index is 0.0458. The Kier molecular flexibility index (Phi) is 6.79. The van der Waals surface area contributed by atoms with Crippen LogP contribution in [0.2, 0.25) is 0 Å². The second-order valence-corrected chi connectivity index (χ2v) is 4.65. The Bertz CT molecular complexity index is 440. The van der Waals surface area contributed by atoms with E-state index in [4.69, 9.17) is 9.15 Å². The third kappa shape index (κ3) is 5.44. The molecule has 0 aliphatic heterocycles. The van der Waals surface area contributed by atoms with E-state index >= 15 is 0 Å². The van der Waals surface area contributed by atoms with Crippen LogP contribution in [0.5, 0.6) is 0 Å². The van der Waals surface area contributed by atoms with Crippen LogP contribution in [-0.4, -0.2) is 44.0 Å². The zero-order chi connectivity index (χ0) is 15.0. The van der Waals surface area contributed by atoms with Gasteiger partial charge in [0.2, 0.25) is 5.91 Å². The molecule has 6 nitrogen and oxygen atoms in total.